The fraction of sp³-hybridized carbons (Fsp3) is 0.130. The van der Waals surface area contributed by atoms with E-state index in [1.165, 1.54) is 36.4 Å². The first kappa shape index (κ1) is 23.0. The first-order valence-electron chi connectivity index (χ1n) is 9.65. The van der Waals surface area contributed by atoms with E-state index in [1.54, 1.807) is 37.3 Å². The Morgan fingerprint density at radius 3 is 2.31 bits per heavy atom. The lowest BCUT2D eigenvalue weighted by molar-refractivity contribution is -0.119. The van der Waals surface area contributed by atoms with Gasteiger partial charge in [-0.15, -0.1) is 0 Å². The maximum atomic E-state index is 14.5. The molecule has 0 aliphatic rings. The van der Waals surface area contributed by atoms with Crippen LogP contribution in [-0.4, -0.2) is 31.7 Å². The molecule has 166 valence electrons. The molecule has 9 heteroatoms. The number of aryl methyl sites for hydroxylation is 1. The van der Waals surface area contributed by atoms with Crippen LogP contribution in [0.25, 0.3) is 0 Å². The number of anilines is 1. The normalized spacial score (nSPS) is 11.8. The minimum Gasteiger partial charge on any atom is -0.507 e. The van der Waals surface area contributed by atoms with E-state index in [1.807, 2.05) is 6.92 Å². The number of hydrogen-bond donors (Lipinski definition) is 2. The van der Waals surface area contributed by atoms with Crippen LogP contribution in [0.4, 0.5) is 10.1 Å². The molecule has 2 N–H and O–H groups in total. The van der Waals surface area contributed by atoms with E-state index in [0.717, 1.165) is 11.6 Å². The van der Waals surface area contributed by atoms with Gasteiger partial charge in [-0.2, -0.15) is 5.10 Å². The molecular weight excluding hydrogens is 433 g/mol. The summed E-state index contributed by atoms with van der Waals surface area (Å²) >= 11 is 0. The van der Waals surface area contributed by atoms with E-state index >= 15 is 0 Å². The average molecular weight is 456 g/mol. The van der Waals surface area contributed by atoms with Crippen LogP contribution in [0.2, 0.25) is 0 Å². The molecule has 0 fully saturated rings. The van der Waals surface area contributed by atoms with Gasteiger partial charge >= 0.3 is 0 Å². The first-order chi connectivity index (χ1) is 15.2. The van der Waals surface area contributed by atoms with Crippen molar-refractivity contribution in [1.82, 2.24) is 5.43 Å². The molecule has 0 radical (unpaired) electrons. The summed E-state index contributed by atoms with van der Waals surface area (Å²) in [6, 6.07) is 17.8. The van der Waals surface area contributed by atoms with Crippen molar-refractivity contribution >= 4 is 27.3 Å². The van der Waals surface area contributed by atoms with E-state index in [-0.39, 0.29) is 16.3 Å². The van der Waals surface area contributed by atoms with Crippen molar-refractivity contribution in [2.45, 2.75) is 18.7 Å². The summed E-state index contributed by atoms with van der Waals surface area (Å²) in [7, 11) is -4.24. The third-order valence-corrected chi connectivity index (χ3v) is 6.43. The van der Waals surface area contributed by atoms with Crippen LogP contribution >= 0.6 is 0 Å². The molecule has 0 atom stereocenters. The molecule has 32 heavy (non-hydrogen) atoms. The van der Waals surface area contributed by atoms with Crippen LogP contribution in [0.3, 0.4) is 0 Å². The molecular formula is C23H22FN3O4S. The summed E-state index contributed by atoms with van der Waals surface area (Å²) in [6.45, 7) is 2.69. The topological polar surface area (TPSA) is 99.1 Å². The second kappa shape index (κ2) is 9.61. The smallest absolute Gasteiger partial charge is 0.264 e. The van der Waals surface area contributed by atoms with Gasteiger partial charge in [-0.3, -0.25) is 9.10 Å². The SMILES string of the molecule is C/C(=N\NC(=O)CN(c1ccccc1F)S(=O)(=O)c1ccc(C)cc1)c1ccccc1O. The molecule has 3 aromatic carbocycles. The molecule has 0 heterocycles. The van der Waals surface area contributed by atoms with Gasteiger partial charge in [0.25, 0.3) is 15.9 Å². The highest BCUT2D eigenvalue weighted by Gasteiger charge is 2.29. The minimum absolute atomic E-state index is 0.0158. The number of rotatable bonds is 7. The quantitative estimate of drug-likeness (QED) is 0.420. The van der Waals surface area contributed by atoms with E-state index in [2.05, 4.69) is 10.5 Å². The number of para-hydroxylation sites is 2. The largest absolute Gasteiger partial charge is 0.507 e. The molecule has 0 unspecified atom stereocenters. The van der Waals surface area contributed by atoms with Crippen molar-refractivity contribution in [2.24, 2.45) is 5.10 Å². The van der Waals surface area contributed by atoms with Crippen molar-refractivity contribution in [3.05, 3.63) is 89.7 Å². The highest BCUT2D eigenvalue weighted by Crippen LogP contribution is 2.26. The molecule has 7 nitrogen and oxygen atoms in total. The maximum absolute atomic E-state index is 14.5. The Morgan fingerprint density at radius 2 is 1.66 bits per heavy atom. The maximum Gasteiger partial charge on any atom is 0.264 e. The lowest BCUT2D eigenvalue weighted by Gasteiger charge is -2.24. The second-order valence-electron chi connectivity index (χ2n) is 7.03. The number of hydrazone groups is 1. The predicted octanol–water partition coefficient (Wildman–Crippen LogP) is 3.58. The van der Waals surface area contributed by atoms with Crippen molar-refractivity contribution in [3.63, 3.8) is 0 Å². The zero-order valence-electron chi connectivity index (χ0n) is 17.5. The zero-order chi connectivity index (χ0) is 23.3. The molecule has 0 aliphatic heterocycles. The van der Waals surface area contributed by atoms with Gasteiger partial charge in [-0.25, -0.2) is 18.2 Å². The molecule has 3 aromatic rings. The fourth-order valence-electron chi connectivity index (χ4n) is 2.94. The summed E-state index contributed by atoms with van der Waals surface area (Å²) < 4.78 is 41.7. The average Bonchev–Trinajstić information content (AvgIpc) is 2.77. The number of halogens is 1. The Balaban J connectivity index is 1.90. The van der Waals surface area contributed by atoms with Gasteiger partial charge in [-0.05, 0) is 50.2 Å². The van der Waals surface area contributed by atoms with E-state index in [4.69, 9.17) is 0 Å². The number of sulfonamides is 1. The molecule has 0 saturated heterocycles. The number of phenolic OH excluding ortho intramolecular Hbond substituents is 1. The highest BCUT2D eigenvalue weighted by molar-refractivity contribution is 7.92. The van der Waals surface area contributed by atoms with Gasteiger partial charge in [0.2, 0.25) is 0 Å². The number of nitrogens with one attached hydrogen (secondary N) is 1. The van der Waals surface area contributed by atoms with Crippen molar-refractivity contribution in [1.29, 1.82) is 0 Å². The summed E-state index contributed by atoms with van der Waals surface area (Å²) in [5.41, 5.74) is 3.59. The number of amides is 1. The summed E-state index contributed by atoms with van der Waals surface area (Å²) in [6.07, 6.45) is 0. The fourth-order valence-corrected chi connectivity index (χ4v) is 4.37. The van der Waals surface area contributed by atoms with E-state index in [9.17, 15) is 22.7 Å². The number of nitrogens with zero attached hydrogens (tertiary/aromatic N) is 2. The van der Waals surface area contributed by atoms with Gasteiger partial charge in [0, 0.05) is 5.56 Å². The Bertz CT molecular complexity index is 1260. The molecule has 0 bridgehead atoms. The predicted molar refractivity (Wildman–Crippen MR) is 121 cm³/mol. The van der Waals surface area contributed by atoms with E-state index in [0.29, 0.717) is 15.6 Å². The van der Waals surface area contributed by atoms with Gasteiger partial charge in [0.05, 0.1) is 16.3 Å². The van der Waals surface area contributed by atoms with Crippen LogP contribution < -0.4 is 9.73 Å². The number of carbonyl (C=O) groups excluding carboxylic acids is 1. The van der Waals surface area contributed by atoms with Crippen LogP contribution in [0, 0.1) is 12.7 Å². The highest BCUT2D eigenvalue weighted by atomic mass is 32.2. The third-order valence-electron chi connectivity index (χ3n) is 4.66. The standard InChI is InChI=1S/C23H22FN3O4S/c1-16-11-13-18(14-12-16)32(30,31)27(21-9-5-4-8-20(21)24)15-23(29)26-25-17(2)19-7-3-6-10-22(19)28/h3-14,28H,15H2,1-2H3,(H,26,29)/b25-17+. The lowest BCUT2D eigenvalue weighted by atomic mass is 10.1. The number of benzene rings is 3. The van der Waals surface area contributed by atoms with Crippen molar-refractivity contribution in [3.8, 4) is 5.75 Å². The number of aromatic hydroxyl groups is 1. The number of phenols is 1. The van der Waals surface area contributed by atoms with Crippen LogP contribution in [0.5, 0.6) is 5.75 Å². The zero-order valence-corrected chi connectivity index (χ0v) is 18.3. The molecule has 0 saturated carbocycles. The summed E-state index contributed by atoms with van der Waals surface area (Å²) in [5.74, 6) is -1.58. The molecule has 0 aromatic heterocycles. The summed E-state index contributed by atoms with van der Waals surface area (Å²) in [5, 5.41) is 13.8. The lowest BCUT2D eigenvalue weighted by Crippen LogP contribution is -2.40. The number of hydrogen-bond acceptors (Lipinski definition) is 5. The van der Waals surface area contributed by atoms with Gasteiger partial charge in [-0.1, -0.05) is 42.0 Å². The Hall–Kier alpha value is -3.72. The Kier molecular flexibility index (Phi) is 6.89. The van der Waals surface area contributed by atoms with E-state index < -0.39 is 28.3 Å². The Morgan fingerprint density at radius 1 is 1.03 bits per heavy atom. The van der Waals surface area contributed by atoms with Gasteiger partial charge in [0.15, 0.2) is 0 Å². The third kappa shape index (κ3) is 5.12. The van der Waals surface area contributed by atoms with Crippen LogP contribution in [0.1, 0.15) is 18.1 Å². The van der Waals surface area contributed by atoms with Gasteiger partial charge < -0.3 is 5.11 Å². The second-order valence-corrected chi connectivity index (χ2v) is 8.89. The van der Waals surface area contributed by atoms with Crippen molar-refractivity contribution < 1.29 is 22.7 Å². The molecule has 1 amide bonds. The van der Waals surface area contributed by atoms with Crippen LogP contribution in [0.15, 0.2) is 82.8 Å². The van der Waals surface area contributed by atoms with Crippen molar-refractivity contribution in [2.75, 3.05) is 10.8 Å². The monoisotopic (exact) mass is 455 g/mol. The Labute approximate surface area is 185 Å². The van der Waals surface area contributed by atoms with Crippen LogP contribution in [-0.2, 0) is 14.8 Å². The molecule has 0 spiro atoms. The minimum atomic E-state index is -4.24. The molecule has 0 aliphatic carbocycles. The molecule has 3 rings (SSSR count). The van der Waals surface area contributed by atoms with Gasteiger partial charge in [0.1, 0.15) is 18.1 Å². The number of carbonyl (C=O) groups is 1. The first-order valence-corrected chi connectivity index (χ1v) is 11.1. The summed E-state index contributed by atoms with van der Waals surface area (Å²) in [4.78, 5) is 12.5.